The SMILES string of the molecule is CCOC(=O)c1cnc(-c2nnc(Nc3cc4nc(-c5ccc(OC(F)(F)F)cc5)n(C5CC5)c4cc3N3CCN(CC)CC3)s2)cn1. The van der Waals surface area contributed by atoms with Crippen LogP contribution < -0.4 is 15.0 Å². The van der Waals surface area contributed by atoms with Crippen molar-refractivity contribution in [2.24, 2.45) is 0 Å². The fourth-order valence-electron chi connectivity index (χ4n) is 5.75. The van der Waals surface area contributed by atoms with Crippen molar-refractivity contribution in [2.75, 3.05) is 49.5 Å². The Morgan fingerprint density at radius 1 is 1.02 bits per heavy atom. The molecule has 0 atom stereocenters. The van der Waals surface area contributed by atoms with Crippen LogP contribution in [-0.4, -0.2) is 86.3 Å². The van der Waals surface area contributed by atoms with E-state index >= 15 is 0 Å². The summed E-state index contributed by atoms with van der Waals surface area (Å²) in [5.41, 5.74) is 4.78. The molecule has 12 nitrogen and oxygen atoms in total. The van der Waals surface area contributed by atoms with Crippen LogP contribution in [0.2, 0.25) is 0 Å². The summed E-state index contributed by atoms with van der Waals surface area (Å²) in [4.78, 5) is 30.2. The van der Waals surface area contributed by atoms with E-state index in [1.54, 1.807) is 19.1 Å². The number of aromatic nitrogens is 6. The molecule has 2 aromatic carbocycles. The third-order valence-electron chi connectivity index (χ3n) is 8.25. The van der Waals surface area contributed by atoms with Crippen LogP contribution in [0.3, 0.4) is 0 Å². The molecule has 1 aliphatic carbocycles. The number of imidazole rings is 1. The van der Waals surface area contributed by atoms with Gasteiger partial charge >= 0.3 is 12.3 Å². The van der Waals surface area contributed by atoms with E-state index in [1.165, 1.54) is 35.9 Å². The van der Waals surface area contributed by atoms with Crippen molar-refractivity contribution in [3.05, 3.63) is 54.5 Å². The van der Waals surface area contributed by atoms with Gasteiger partial charge in [0.25, 0.3) is 0 Å². The van der Waals surface area contributed by atoms with Gasteiger partial charge < -0.3 is 29.2 Å². The summed E-state index contributed by atoms with van der Waals surface area (Å²) in [6, 6.07) is 10.2. The highest BCUT2D eigenvalue weighted by Gasteiger charge is 2.32. The van der Waals surface area contributed by atoms with E-state index in [0.717, 1.165) is 68.0 Å². The quantitative estimate of drug-likeness (QED) is 0.167. The van der Waals surface area contributed by atoms with Gasteiger partial charge in [0.15, 0.2) is 10.7 Å². The van der Waals surface area contributed by atoms with E-state index in [9.17, 15) is 18.0 Å². The largest absolute Gasteiger partial charge is 0.573 e. The number of piperazine rings is 1. The second kappa shape index (κ2) is 13.0. The molecular formula is C32H32F3N9O3S. The fourth-order valence-corrected chi connectivity index (χ4v) is 6.47. The molecule has 0 unspecified atom stereocenters. The number of nitrogens with one attached hydrogen (secondary N) is 1. The number of hydrogen-bond acceptors (Lipinski definition) is 12. The Labute approximate surface area is 277 Å². The highest BCUT2D eigenvalue weighted by Crippen LogP contribution is 2.44. The maximum absolute atomic E-state index is 12.8. The maximum Gasteiger partial charge on any atom is 0.573 e. The Hall–Kier alpha value is -4.83. The number of halogens is 3. The fraction of sp³-hybridized carbons (Fsp3) is 0.375. The van der Waals surface area contributed by atoms with Crippen LogP contribution in [-0.2, 0) is 4.74 Å². The average Bonchev–Trinajstić information content (AvgIpc) is 3.69. The number of alkyl halides is 3. The Bertz CT molecular complexity index is 1920. The number of nitrogens with zero attached hydrogens (tertiary/aromatic N) is 8. The van der Waals surface area contributed by atoms with Gasteiger partial charge in [0.2, 0.25) is 5.13 Å². The van der Waals surface area contributed by atoms with Crippen LogP contribution in [0.15, 0.2) is 48.8 Å². The molecule has 1 saturated heterocycles. The smallest absolute Gasteiger partial charge is 0.461 e. The van der Waals surface area contributed by atoms with Gasteiger partial charge in [-0.1, -0.05) is 18.3 Å². The van der Waals surface area contributed by atoms with E-state index in [2.05, 4.69) is 57.6 Å². The van der Waals surface area contributed by atoms with E-state index < -0.39 is 12.3 Å². The number of fused-ring (bicyclic) bond motifs is 1. The topological polar surface area (TPSA) is 123 Å². The summed E-state index contributed by atoms with van der Waals surface area (Å²) in [6.45, 7) is 8.64. The summed E-state index contributed by atoms with van der Waals surface area (Å²) in [5.74, 6) is -0.135. The zero-order valence-electron chi connectivity index (χ0n) is 26.2. The van der Waals surface area contributed by atoms with E-state index in [0.29, 0.717) is 27.2 Å². The van der Waals surface area contributed by atoms with Crippen LogP contribution in [0.5, 0.6) is 5.75 Å². The van der Waals surface area contributed by atoms with Crippen LogP contribution >= 0.6 is 11.3 Å². The number of ether oxygens (including phenoxy) is 2. The lowest BCUT2D eigenvalue weighted by Crippen LogP contribution is -2.46. The van der Waals surface area contributed by atoms with E-state index in [1.807, 2.05) is 6.07 Å². The van der Waals surface area contributed by atoms with Crippen molar-refractivity contribution in [1.82, 2.24) is 34.6 Å². The van der Waals surface area contributed by atoms with Crippen molar-refractivity contribution >= 4 is 44.8 Å². The number of hydrogen-bond donors (Lipinski definition) is 1. The van der Waals surface area contributed by atoms with Gasteiger partial charge in [0.1, 0.15) is 17.3 Å². The molecule has 1 N–H and O–H groups in total. The molecule has 0 bridgehead atoms. The lowest BCUT2D eigenvalue weighted by molar-refractivity contribution is -0.274. The van der Waals surface area contributed by atoms with Gasteiger partial charge in [-0.05, 0) is 62.7 Å². The standard InChI is InChI=1S/C32H32F3N9O3S/c1-3-42-11-13-43(14-12-42)26-16-27-23(38-28(44(27)20-7-8-20)19-5-9-21(10-6-19)47-32(33,34)35)15-22(26)39-31-41-40-29(48-31)24-17-37-25(18-36-24)30(45)46-4-2/h5-6,9-10,15-18,20H,3-4,7-8,11-14H2,1-2H3,(H,39,41). The molecule has 4 heterocycles. The molecule has 5 aromatic rings. The van der Waals surface area contributed by atoms with Crippen molar-refractivity contribution in [2.45, 2.75) is 39.1 Å². The Balaban J connectivity index is 1.23. The van der Waals surface area contributed by atoms with Crippen LogP contribution in [0.25, 0.3) is 33.1 Å². The van der Waals surface area contributed by atoms with Gasteiger partial charge in [-0.2, -0.15) is 0 Å². The lowest BCUT2D eigenvalue weighted by atomic mass is 10.2. The number of carbonyl (C=O) groups excluding carboxylic acids is 1. The van der Waals surface area contributed by atoms with E-state index in [-0.39, 0.29) is 24.1 Å². The normalized spacial score (nSPS) is 15.6. The third-order valence-corrected chi connectivity index (χ3v) is 9.11. The monoisotopic (exact) mass is 679 g/mol. The zero-order chi connectivity index (χ0) is 33.4. The first-order valence-electron chi connectivity index (χ1n) is 15.7. The first-order valence-corrected chi connectivity index (χ1v) is 16.5. The van der Waals surface area contributed by atoms with Gasteiger partial charge in [-0.3, -0.25) is 0 Å². The predicted octanol–water partition coefficient (Wildman–Crippen LogP) is 6.31. The number of rotatable bonds is 10. The molecule has 2 aliphatic rings. The molecule has 1 aliphatic heterocycles. The summed E-state index contributed by atoms with van der Waals surface area (Å²) >= 11 is 1.30. The zero-order valence-corrected chi connectivity index (χ0v) is 27.0. The number of likely N-dealkylation sites (N-methyl/N-ethyl adjacent to an activating group) is 1. The molecule has 0 amide bonds. The van der Waals surface area contributed by atoms with Crippen molar-refractivity contribution in [1.29, 1.82) is 0 Å². The van der Waals surface area contributed by atoms with Crippen LogP contribution in [0, 0.1) is 0 Å². The van der Waals surface area contributed by atoms with Crippen molar-refractivity contribution in [3.8, 4) is 27.8 Å². The predicted molar refractivity (Wildman–Crippen MR) is 175 cm³/mol. The second-order valence-electron chi connectivity index (χ2n) is 11.4. The first kappa shape index (κ1) is 31.8. The highest BCUT2D eigenvalue weighted by molar-refractivity contribution is 7.18. The third kappa shape index (κ3) is 6.75. The number of esters is 1. The summed E-state index contributed by atoms with van der Waals surface area (Å²) in [7, 11) is 0. The Kier molecular flexibility index (Phi) is 8.60. The van der Waals surface area contributed by atoms with Crippen LogP contribution in [0.1, 0.15) is 43.2 Å². The summed E-state index contributed by atoms with van der Waals surface area (Å²) in [6.07, 6.45) is 0.0510. The van der Waals surface area contributed by atoms with Gasteiger partial charge in [0.05, 0.1) is 41.4 Å². The minimum atomic E-state index is -4.76. The number of carbonyl (C=O) groups is 1. The molecule has 48 heavy (non-hydrogen) atoms. The first-order chi connectivity index (χ1) is 23.2. The molecule has 3 aromatic heterocycles. The van der Waals surface area contributed by atoms with Crippen molar-refractivity contribution < 1.29 is 27.4 Å². The highest BCUT2D eigenvalue weighted by atomic mass is 32.1. The molecule has 2 fully saturated rings. The molecular weight excluding hydrogens is 647 g/mol. The summed E-state index contributed by atoms with van der Waals surface area (Å²) in [5, 5.41) is 13.2. The minimum absolute atomic E-state index is 0.111. The Morgan fingerprint density at radius 3 is 2.44 bits per heavy atom. The van der Waals surface area contributed by atoms with Gasteiger partial charge in [0, 0.05) is 37.8 Å². The van der Waals surface area contributed by atoms with Gasteiger partial charge in [-0.25, -0.2) is 19.7 Å². The molecule has 0 radical (unpaired) electrons. The molecule has 1 saturated carbocycles. The molecule has 7 rings (SSSR count). The summed E-state index contributed by atoms with van der Waals surface area (Å²) < 4.78 is 49.6. The average molecular weight is 680 g/mol. The number of anilines is 3. The number of benzene rings is 2. The molecule has 250 valence electrons. The minimum Gasteiger partial charge on any atom is -0.461 e. The van der Waals surface area contributed by atoms with E-state index in [4.69, 9.17) is 9.72 Å². The van der Waals surface area contributed by atoms with Gasteiger partial charge in [-0.15, -0.1) is 23.4 Å². The van der Waals surface area contributed by atoms with Crippen molar-refractivity contribution in [3.63, 3.8) is 0 Å². The Morgan fingerprint density at radius 2 is 1.79 bits per heavy atom. The molecule has 16 heteroatoms. The molecule has 0 spiro atoms. The maximum atomic E-state index is 12.8. The lowest BCUT2D eigenvalue weighted by Gasteiger charge is -2.36. The second-order valence-corrected chi connectivity index (χ2v) is 12.4. The van der Waals surface area contributed by atoms with Crippen LogP contribution in [0.4, 0.5) is 29.7 Å².